The maximum atomic E-state index is 6.09. The van der Waals surface area contributed by atoms with E-state index in [-0.39, 0.29) is 0 Å². The second-order valence-corrected chi connectivity index (χ2v) is 3.16. The van der Waals surface area contributed by atoms with Gasteiger partial charge in [0, 0.05) is 12.2 Å². The number of halogens is 1. The largest absolute Gasteiger partial charge is 0.495 e. The van der Waals surface area contributed by atoms with Gasteiger partial charge in [-0.1, -0.05) is 11.6 Å². The van der Waals surface area contributed by atoms with Gasteiger partial charge in [-0.05, 0) is 24.1 Å². The van der Waals surface area contributed by atoms with Crippen LogP contribution in [0, 0.1) is 0 Å². The minimum atomic E-state index is 0.750. The number of ether oxygens (including phenoxy) is 1. The van der Waals surface area contributed by atoms with E-state index in [2.05, 4.69) is 5.32 Å². The summed E-state index contributed by atoms with van der Waals surface area (Å²) in [6.45, 7) is 0.974. The molecule has 0 saturated heterocycles. The number of hydrogen-bond acceptors (Lipinski definition) is 2. The Bertz CT molecular complexity index is 312. The number of rotatable bonds is 1. The third kappa shape index (κ3) is 1.03. The number of nitrogens with one attached hydrogen (secondary N) is 1. The molecule has 3 heteroatoms. The van der Waals surface area contributed by atoms with E-state index in [0.29, 0.717) is 0 Å². The molecule has 0 spiro atoms. The molecule has 1 aliphatic rings. The fraction of sp³-hybridized carbons (Fsp3) is 0.333. The average Bonchev–Trinajstić information content (AvgIpc) is 2.53. The lowest BCUT2D eigenvalue weighted by molar-refractivity contribution is 0.415. The van der Waals surface area contributed by atoms with E-state index in [1.165, 1.54) is 5.56 Å². The lowest BCUT2D eigenvalue weighted by Crippen LogP contribution is -1.90. The lowest BCUT2D eigenvalue weighted by Gasteiger charge is -2.06. The van der Waals surface area contributed by atoms with Crippen molar-refractivity contribution in [2.75, 3.05) is 19.0 Å². The number of anilines is 1. The fourth-order valence-electron chi connectivity index (χ4n) is 1.49. The third-order valence-electron chi connectivity index (χ3n) is 2.12. The molecule has 0 aliphatic carbocycles. The van der Waals surface area contributed by atoms with Crippen molar-refractivity contribution in [3.05, 3.63) is 22.7 Å². The van der Waals surface area contributed by atoms with Gasteiger partial charge in [0.1, 0.15) is 5.75 Å². The first-order valence-electron chi connectivity index (χ1n) is 3.92. The van der Waals surface area contributed by atoms with Gasteiger partial charge in [0.15, 0.2) is 0 Å². The molecule has 0 radical (unpaired) electrons. The molecule has 0 unspecified atom stereocenters. The van der Waals surface area contributed by atoms with Gasteiger partial charge in [-0.3, -0.25) is 0 Å². The van der Waals surface area contributed by atoms with Gasteiger partial charge in [-0.25, -0.2) is 0 Å². The van der Waals surface area contributed by atoms with Crippen molar-refractivity contribution in [3.8, 4) is 5.75 Å². The van der Waals surface area contributed by atoms with E-state index >= 15 is 0 Å². The summed E-state index contributed by atoms with van der Waals surface area (Å²) in [5.41, 5.74) is 2.32. The zero-order chi connectivity index (χ0) is 8.55. The van der Waals surface area contributed by atoms with Crippen LogP contribution in [0.3, 0.4) is 0 Å². The van der Waals surface area contributed by atoms with Crippen LogP contribution in [0.4, 0.5) is 5.69 Å². The standard InChI is InChI=1S/C9H10ClNO/c1-12-8-3-2-7-6(9(8)10)4-5-11-7/h2-3,11H,4-5H2,1H3. The highest BCUT2D eigenvalue weighted by molar-refractivity contribution is 6.33. The van der Waals surface area contributed by atoms with Crippen LogP contribution in [0.5, 0.6) is 5.75 Å². The highest BCUT2D eigenvalue weighted by Gasteiger charge is 2.15. The molecule has 2 nitrogen and oxygen atoms in total. The zero-order valence-electron chi connectivity index (χ0n) is 6.86. The van der Waals surface area contributed by atoms with Gasteiger partial charge in [0.25, 0.3) is 0 Å². The van der Waals surface area contributed by atoms with Crippen molar-refractivity contribution in [1.29, 1.82) is 0 Å². The highest BCUT2D eigenvalue weighted by Crippen LogP contribution is 2.36. The second kappa shape index (κ2) is 2.87. The first-order chi connectivity index (χ1) is 5.83. The summed E-state index contributed by atoms with van der Waals surface area (Å²) in [6.07, 6.45) is 0.991. The molecular formula is C9H10ClNO. The van der Waals surface area contributed by atoms with Gasteiger partial charge in [0.05, 0.1) is 12.1 Å². The molecule has 0 saturated carbocycles. The van der Waals surface area contributed by atoms with Gasteiger partial charge in [0.2, 0.25) is 0 Å². The summed E-state index contributed by atoms with van der Waals surface area (Å²) in [4.78, 5) is 0. The van der Waals surface area contributed by atoms with E-state index < -0.39 is 0 Å². The quantitative estimate of drug-likeness (QED) is 0.722. The Morgan fingerprint density at radius 1 is 1.50 bits per heavy atom. The Morgan fingerprint density at radius 3 is 3.08 bits per heavy atom. The molecule has 12 heavy (non-hydrogen) atoms. The van der Waals surface area contributed by atoms with Crippen LogP contribution in [0.25, 0.3) is 0 Å². The Balaban J connectivity index is 2.54. The van der Waals surface area contributed by atoms with Gasteiger partial charge in [-0.15, -0.1) is 0 Å². The summed E-state index contributed by atoms with van der Waals surface area (Å²) < 4.78 is 5.11. The number of benzene rings is 1. The molecule has 0 bridgehead atoms. The molecule has 1 aliphatic heterocycles. The highest BCUT2D eigenvalue weighted by atomic mass is 35.5. The molecule has 1 aromatic carbocycles. The normalized spacial score (nSPS) is 13.8. The Kier molecular flexibility index (Phi) is 1.85. The average molecular weight is 184 g/mol. The second-order valence-electron chi connectivity index (χ2n) is 2.78. The van der Waals surface area contributed by atoms with E-state index in [0.717, 1.165) is 29.4 Å². The van der Waals surface area contributed by atoms with E-state index in [1.807, 2.05) is 12.1 Å². The maximum Gasteiger partial charge on any atom is 0.137 e. The van der Waals surface area contributed by atoms with Crippen LogP contribution < -0.4 is 10.1 Å². The van der Waals surface area contributed by atoms with E-state index in [1.54, 1.807) is 7.11 Å². The van der Waals surface area contributed by atoms with Crippen molar-refractivity contribution < 1.29 is 4.74 Å². The Morgan fingerprint density at radius 2 is 2.33 bits per heavy atom. The minimum absolute atomic E-state index is 0.750. The van der Waals surface area contributed by atoms with E-state index in [9.17, 15) is 0 Å². The molecule has 0 aromatic heterocycles. The summed E-state index contributed by atoms with van der Waals surface area (Å²) in [7, 11) is 1.63. The van der Waals surface area contributed by atoms with Gasteiger partial charge in [-0.2, -0.15) is 0 Å². The number of hydrogen-bond donors (Lipinski definition) is 1. The molecule has 1 N–H and O–H groups in total. The topological polar surface area (TPSA) is 21.3 Å². The first kappa shape index (κ1) is 7.74. The van der Waals surface area contributed by atoms with Crippen LogP contribution in [-0.4, -0.2) is 13.7 Å². The lowest BCUT2D eigenvalue weighted by atomic mass is 10.1. The summed E-state index contributed by atoms with van der Waals surface area (Å²) >= 11 is 6.09. The fourth-order valence-corrected chi connectivity index (χ4v) is 1.83. The monoisotopic (exact) mass is 183 g/mol. The third-order valence-corrected chi connectivity index (χ3v) is 2.53. The molecule has 0 amide bonds. The van der Waals surface area contributed by atoms with Crippen LogP contribution >= 0.6 is 11.6 Å². The first-order valence-corrected chi connectivity index (χ1v) is 4.30. The van der Waals surface area contributed by atoms with Crippen molar-refractivity contribution in [3.63, 3.8) is 0 Å². The van der Waals surface area contributed by atoms with Crippen molar-refractivity contribution in [2.45, 2.75) is 6.42 Å². The number of fused-ring (bicyclic) bond motifs is 1. The van der Waals surface area contributed by atoms with E-state index in [4.69, 9.17) is 16.3 Å². The van der Waals surface area contributed by atoms with Crippen LogP contribution in [0.1, 0.15) is 5.56 Å². The summed E-state index contributed by atoms with van der Waals surface area (Å²) in [5, 5.41) is 4.00. The molecule has 64 valence electrons. The smallest absolute Gasteiger partial charge is 0.137 e. The van der Waals surface area contributed by atoms with Crippen molar-refractivity contribution >= 4 is 17.3 Å². The summed E-state index contributed by atoms with van der Waals surface area (Å²) in [6, 6.07) is 3.90. The Labute approximate surface area is 76.5 Å². The molecule has 0 fully saturated rings. The van der Waals surface area contributed by atoms with Crippen molar-refractivity contribution in [2.24, 2.45) is 0 Å². The molecule has 1 aromatic rings. The predicted molar refractivity (Wildman–Crippen MR) is 50.2 cm³/mol. The maximum absolute atomic E-state index is 6.09. The van der Waals surface area contributed by atoms with Gasteiger partial charge >= 0.3 is 0 Å². The van der Waals surface area contributed by atoms with Crippen LogP contribution in [-0.2, 0) is 6.42 Å². The van der Waals surface area contributed by atoms with Gasteiger partial charge < -0.3 is 10.1 Å². The zero-order valence-corrected chi connectivity index (χ0v) is 7.61. The SMILES string of the molecule is COc1ccc2c(c1Cl)CCN2. The molecule has 2 rings (SSSR count). The predicted octanol–water partition coefficient (Wildman–Crippen LogP) is 2.32. The number of methoxy groups -OCH3 is 1. The minimum Gasteiger partial charge on any atom is -0.495 e. The van der Waals surface area contributed by atoms with Crippen LogP contribution in [0.15, 0.2) is 12.1 Å². The summed E-state index contributed by atoms with van der Waals surface area (Å²) in [5.74, 6) is 0.763. The van der Waals surface area contributed by atoms with Crippen LogP contribution in [0.2, 0.25) is 5.02 Å². The Hall–Kier alpha value is -0.890. The molecule has 1 heterocycles. The molecule has 0 atom stereocenters. The molecular weight excluding hydrogens is 174 g/mol. The van der Waals surface area contributed by atoms with Crippen molar-refractivity contribution in [1.82, 2.24) is 0 Å².